The highest BCUT2D eigenvalue weighted by molar-refractivity contribution is 8.23. The van der Waals surface area contributed by atoms with E-state index in [1.807, 2.05) is 5.41 Å². The highest BCUT2D eigenvalue weighted by atomic mass is 32.2. The average molecular weight is 238 g/mol. The normalized spacial score (nSPS) is 20.6. The smallest absolute Gasteiger partial charge is 0.155 e. The number of hydrogen-bond acceptors (Lipinski definition) is 3. The van der Waals surface area contributed by atoms with Crippen LogP contribution in [-0.2, 0) is 4.79 Å². The van der Waals surface area contributed by atoms with Gasteiger partial charge >= 0.3 is 0 Å². The third kappa shape index (κ3) is 1.75. The van der Waals surface area contributed by atoms with Crippen molar-refractivity contribution in [1.82, 2.24) is 0 Å². The lowest BCUT2D eigenvalue weighted by atomic mass is 10.3. The molecule has 0 radical (unpaired) electrons. The fourth-order valence-electron chi connectivity index (χ4n) is 1.57. The Labute approximate surface area is 95.1 Å². The summed E-state index contributed by atoms with van der Waals surface area (Å²) in [7, 11) is -1.06. The lowest BCUT2D eigenvalue weighted by Gasteiger charge is -2.19. The van der Waals surface area contributed by atoms with Crippen LogP contribution in [0.25, 0.3) is 0 Å². The number of nitrogens with two attached hydrogens (primary N) is 1. The Hall–Kier alpha value is -1.59. The van der Waals surface area contributed by atoms with Crippen molar-refractivity contribution < 1.29 is 9.18 Å². The molecule has 1 heterocycles. The maximum Gasteiger partial charge on any atom is 0.155 e. The number of carbonyl (C=O) groups excluding carboxylic acids is 1. The van der Waals surface area contributed by atoms with Crippen LogP contribution in [0.4, 0.5) is 10.1 Å². The molecule has 16 heavy (non-hydrogen) atoms. The number of carbonyl (C=O) groups is 1. The zero-order valence-corrected chi connectivity index (χ0v) is 9.25. The first kappa shape index (κ1) is 10.9. The van der Waals surface area contributed by atoms with Crippen molar-refractivity contribution in [3.05, 3.63) is 46.5 Å². The molecule has 0 aliphatic carbocycles. The molecule has 1 atom stereocenters. The summed E-state index contributed by atoms with van der Waals surface area (Å²) in [6, 6.07) is 4.63. The second-order valence-electron chi connectivity index (χ2n) is 3.20. The fourth-order valence-corrected chi connectivity index (χ4v) is 3.47. The predicted molar refractivity (Wildman–Crippen MR) is 64.7 cm³/mol. The molecule has 1 aromatic rings. The number of benzene rings is 1. The minimum Gasteiger partial charge on any atom is -0.323 e. The number of nitrogens with one attached hydrogen (secondary N) is 1. The molecule has 84 valence electrons. The summed E-state index contributed by atoms with van der Waals surface area (Å²) in [5, 5.41) is 1.83. The number of nitrogen functional groups attached to an aromatic ring is 1. The zero-order chi connectivity index (χ0) is 11.5. The van der Waals surface area contributed by atoms with Gasteiger partial charge in [0.05, 0.1) is 10.6 Å². The SMILES string of the molecule is NNc1cccc(F)c1[SH]1C=CC=C1C=O. The van der Waals surface area contributed by atoms with E-state index in [1.54, 1.807) is 24.3 Å². The molecule has 0 spiro atoms. The molecule has 0 bridgehead atoms. The van der Waals surface area contributed by atoms with E-state index >= 15 is 0 Å². The van der Waals surface area contributed by atoms with Crippen LogP contribution in [0.5, 0.6) is 0 Å². The summed E-state index contributed by atoms with van der Waals surface area (Å²) >= 11 is 0. The third-order valence-corrected chi connectivity index (χ3v) is 4.50. The number of allylic oxidation sites excluding steroid dienone is 3. The number of halogens is 1. The van der Waals surface area contributed by atoms with Crippen molar-refractivity contribution in [3.63, 3.8) is 0 Å². The molecule has 0 fully saturated rings. The van der Waals surface area contributed by atoms with E-state index in [9.17, 15) is 9.18 Å². The molecule has 1 aliphatic heterocycles. The molecule has 1 aromatic carbocycles. The third-order valence-electron chi connectivity index (χ3n) is 2.28. The van der Waals surface area contributed by atoms with Gasteiger partial charge in [-0.15, -0.1) is 0 Å². The second-order valence-corrected chi connectivity index (χ2v) is 5.20. The van der Waals surface area contributed by atoms with Crippen LogP contribution in [0, 0.1) is 5.82 Å². The number of aldehydes is 1. The predicted octanol–water partition coefficient (Wildman–Crippen LogP) is 2.08. The molecule has 1 aliphatic rings. The summed E-state index contributed by atoms with van der Waals surface area (Å²) in [5.74, 6) is 4.99. The molecular formula is C11H11FN2OS. The molecule has 0 amide bonds. The van der Waals surface area contributed by atoms with E-state index in [0.29, 0.717) is 15.5 Å². The molecule has 3 nitrogen and oxygen atoms in total. The van der Waals surface area contributed by atoms with Crippen LogP contribution in [-0.4, -0.2) is 6.29 Å². The van der Waals surface area contributed by atoms with Gasteiger partial charge in [0.2, 0.25) is 0 Å². The monoisotopic (exact) mass is 238 g/mol. The van der Waals surface area contributed by atoms with Gasteiger partial charge in [-0.3, -0.25) is 10.6 Å². The number of anilines is 1. The summed E-state index contributed by atoms with van der Waals surface area (Å²) < 4.78 is 13.7. The van der Waals surface area contributed by atoms with Crippen LogP contribution in [0.1, 0.15) is 0 Å². The highest BCUT2D eigenvalue weighted by Gasteiger charge is 2.19. The topological polar surface area (TPSA) is 55.1 Å². The van der Waals surface area contributed by atoms with E-state index in [-0.39, 0.29) is 5.82 Å². The number of rotatable bonds is 3. The van der Waals surface area contributed by atoms with Gasteiger partial charge in [0, 0.05) is 4.91 Å². The molecule has 3 N–H and O–H groups in total. The summed E-state index contributed by atoms with van der Waals surface area (Å²) in [4.78, 5) is 11.9. The van der Waals surface area contributed by atoms with E-state index < -0.39 is 10.9 Å². The van der Waals surface area contributed by atoms with Gasteiger partial charge in [-0.05, 0) is 23.6 Å². The van der Waals surface area contributed by atoms with Crippen LogP contribution in [0.3, 0.4) is 0 Å². The fraction of sp³-hybridized carbons (Fsp3) is 0. The maximum absolute atomic E-state index is 13.7. The molecule has 0 saturated carbocycles. The van der Waals surface area contributed by atoms with Crippen molar-refractivity contribution in [3.8, 4) is 0 Å². The molecule has 0 saturated heterocycles. The van der Waals surface area contributed by atoms with Gasteiger partial charge in [-0.25, -0.2) is 4.39 Å². The highest BCUT2D eigenvalue weighted by Crippen LogP contribution is 2.51. The van der Waals surface area contributed by atoms with Gasteiger partial charge in [0.25, 0.3) is 0 Å². The second kappa shape index (κ2) is 4.51. The first-order chi connectivity index (χ1) is 7.77. The average Bonchev–Trinajstić information content (AvgIpc) is 2.76. The first-order valence-corrected chi connectivity index (χ1v) is 6.07. The van der Waals surface area contributed by atoms with Crippen molar-refractivity contribution in [2.45, 2.75) is 4.90 Å². The minimum atomic E-state index is -1.06. The standard InChI is InChI=1S/C11H11FN2OS/c12-9-4-1-5-10(14-13)11(9)16-6-2-3-8(16)7-15/h1-7,14,16H,13H2. The Balaban J connectivity index is 2.51. The van der Waals surface area contributed by atoms with E-state index in [4.69, 9.17) is 5.84 Å². The lowest BCUT2D eigenvalue weighted by molar-refractivity contribution is -0.104. The quantitative estimate of drug-likeness (QED) is 0.327. The van der Waals surface area contributed by atoms with Gasteiger partial charge in [-0.2, -0.15) is 10.9 Å². The van der Waals surface area contributed by atoms with Gasteiger partial charge in [-0.1, -0.05) is 12.1 Å². The van der Waals surface area contributed by atoms with Crippen LogP contribution >= 0.6 is 10.9 Å². The Bertz CT molecular complexity index is 485. The summed E-state index contributed by atoms with van der Waals surface area (Å²) in [5.41, 5.74) is 2.98. The summed E-state index contributed by atoms with van der Waals surface area (Å²) in [6.07, 6.45) is 4.23. The van der Waals surface area contributed by atoms with E-state index in [0.717, 1.165) is 6.29 Å². The minimum absolute atomic E-state index is 0.346. The molecule has 2 rings (SSSR count). The van der Waals surface area contributed by atoms with Gasteiger partial charge < -0.3 is 5.43 Å². The van der Waals surface area contributed by atoms with Crippen molar-refractivity contribution in [1.29, 1.82) is 0 Å². The van der Waals surface area contributed by atoms with E-state index in [2.05, 4.69) is 5.43 Å². The largest absolute Gasteiger partial charge is 0.323 e. The first-order valence-electron chi connectivity index (χ1n) is 4.66. The summed E-state index contributed by atoms with van der Waals surface area (Å²) in [6.45, 7) is 0. The molecule has 5 heteroatoms. The molecule has 1 unspecified atom stereocenters. The number of hydrogen-bond donors (Lipinski definition) is 3. The Morgan fingerprint density at radius 3 is 2.94 bits per heavy atom. The molecule has 0 aromatic heterocycles. The van der Waals surface area contributed by atoms with Crippen LogP contribution in [0.2, 0.25) is 0 Å². The maximum atomic E-state index is 13.7. The van der Waals surface area contributed by atoms with Gasteiger partial charge in [0.15, 0.2) is 6.29 Å². The Kier molecular flexibility index (Phi) is 3.07. The zero-order valence-electron chi connectivity index (χ0n) is 8.35. The van der Waals surface area contributed by atoms with Crippen LogP contribution in [0.15, 0.2) is 45.6 Å². The van der Waals surface area contributed by atoms with Gasteiger partial charge in [0.1, 0.15) is 5.82 Å². The number of thiol groups is 1. The van der Waals surface area contributed by atoms with Crippen molar-refractivity contribution in [2.75, 3.05) is 5.43 Å². The van der Waals surface area contributed by atoms with E-state index in [1.165, 1.54) is 6.07 Å². The lowest BCUT2D eigenvalue weighted by Crippen LogP contribution is -2.09. The van der Waals surface area contributed by atoms with Crippen molar-refractivity contribution >= 4 is 22.9 Å². The molecular weight excluding hydrogens is 227 g/mol. The Morgan fingerprint density at radius 1 is 1.44 bits per heavy atom. The number of hydrazine groups is 1. The van der Waals surface area contributed by atoms with Crippen LogP contribution < -0.4 is 11.3 Å². The Morgan fingerprint density at radius 2 is 2.25 bits per heavy atom. The van der Waals surface area contributed by atoms with Crippen molar-refractivity contribution in [2.24, 2.45) is 5.84 Å².